The highest BCUT2D eigenvalue weighted by Gasteiger charge is 2.00. The lowest BCUT2D eigenvalue weighted by molar-refractivity contribution is 0.0999. The van der Waals surface area contributed by atoms with Gasteiger partial charge >= 0.3 is 0 Å². The number of carbonyl (C=O) groups excluding carboxylic acids is 1. The molecule has 0 radical (unpaired) electrons. The molecule has 0 unspecified atom stereocenters. The Bertz CT molecular complexity index is 258. The molecule has 1 rings (SSSR count). The normalized spacial score (nSPS) is 8.45. The van der Waals surface area contributed by atoms with Gasteiger partial charge in [0, 0.05) is 5.56 Å². The van der Waals surface area contributed by atoms with E-state index in [-0.39, 0.29) is 12.1 Å². The first kappa shape index (κ1) is 9.65. The first-order valence-corrected chi connectivity index (χ1v) is 3.07. The Morgan fingerprint density at radius 2 is 1.91 bits per heavy atom. The third kappa shape index (κ3) is 2.05. The van der Waals surface area contributed by atoms with E-state index in [0.717, 1.165) is 5.56 Å². The molecule has 60 valence electrons. The molecule has 1 amide bonds. The van der Waals surface area contributed by atoms with Crippen LogP contribution in [-0.4, -0.2) is 5.91 Å². The molecule has 0 bridgehead atoms. The number of carbonyl (C=O) groups is 1. The lowest BCUT2D eigenvalue weighted by atomic mass is 10.1. The molecule has 11 heavy (non-hydrogen) atoms. The topological polar surface area (TPSA) is 78.1 Å². The van der Waals surface area contributed by atoms with Crippen LogP contribution in [0.5, 0.6) is 0 Å². The SMILES string of the molecule is Cc1ccccc1C(N)=O.N. The smallest absolute Gasteiger partial charge is 0.248 e. The van der Waals surface area contributed by atoms with E-state index in [4.69, 9.17) is 5.73 Å². The molecule has 5 N–H and O–H groups in total. The number of amides is 1. The van der Waals surface area contributed by atoms with Crippen molar-refractivity contribution in [3.05, 3.63) is 35.4 Å². The molecule has 0 heterocycles. The van der Waals surface area contributed by atoms with E-state index in [1.807, 2.05) is 19.1 Å². The highest BCUT2D eigenvalue weighted by atomic mass is 16.1. The summed E-state index contributed by atoms with van der Waals surface area (Å²) in [7, 11) is 0. The van der Waals surface area contributed by atoms with Crippen molar-refractivity contribution in [1.82, 2.24) is 6.15 Å². The third-order valence-electron chi connectivity index (χ3n) is 1.41. The Kier molecular flexibility index (Phi) is 3.27. The van der Waals surface area contributed by atoms with Crippen LogP contribution >= 0.6 is 0 Å². The highest BCUT2D eigenvalue weighted by molar-refractivity contribution is 5.94. The van der Waals surface area contributed by atoms with Crippen LogP contribution < -0.4 is 11.9 Å². The monoisotopic (exact) mass is 152 g/mol. The highest BCUT2D eigenvalue weighted by Crippen LogP contribution is 2.04. The Hall–Kier alpha value is -1.35. The summed E-state index contributed by atoms with van der Waals surface area (Å²) in [6.45, 7) is 1.86. The molecule has 0 atom stereocenters. The van der Waals surface area contributed by atoms with Crippen molar-refractivity contribution in [2.45, 2.75) is 6.92 Å². The summed E-state index contributed by atoms with van der Waals surface area (Å²) < 4.78 is 0. The molecular formula is C8H12N2O. The van der Waals surface area contributed by atoms with Gasteiger partial charge in [0.15, 0.2) is 0 Å². The lowest BCUT2D eigenvalue weighted by Crippen LogP contribution is -2.12. The maximum absolute atomic E-state index is 10.6. The van der Waals surface area contributed by atoms with Crippen LogP contribution in [0.15, 0.2) is 24.3 Å². The van der Waals surface area contributed by atoms with Crippen LogP contribution in [0.2, 0.25) is 0 Å². The average Bonchev–Trinajstić information content (AvgIpc) is 1.88. The Balaban J connectivity index is 0.000001000. The molecule has 0 aromatic heterocycles. The standard InChI is InChI=1S/C8H9NO.H3N/c1-6-4-2-3-5-7(6)8(9)10;/h2-5H,1H3,(H2,9,10);1H3. The lowest BCUT2D eigenvalue weighted by Gasteiger charge is -1.97. The number of aryl methyl sites for hydroxylation is 1. The van der Waals surface area contributed by atoms with Gasteiger partial charge in [-0.05, 0) is 18.6 Å². The Morgan fingerprint density at radius 3 is 2.27 bits per heavy atom. The van der Waals surface area contributed by atoms with Crippen molar-refractivity contribution in [2.24, 2.45) is 5.73 Å². The van der Waals surface area contributed by atoms with Crippen molar-refractivity contribution in [3.8, 4) is 0 Å². The first-order valence-electron chi connectivity index (χ1n) is 3.07. The Labute approximate surface area is 65.8 Å². The van der Waals surface area contributed by atoms with Crippen LogP contribution in [0.3, 0.4) is 0 Å². The van der Waals surface area contributed by atoms with E-state index >= 15 is 0 Å². The van der Waals surface area contributed by atoms with E-state index in [9.17, 15) is 4.79 Å². The molecule has 0 saturated heterocycles. The molecule has 1 aromatic rings. The van der Waals surface area contributed by atoms with Gasteiger partial charge in [-0.3, -0.25) is 4.79 Å². The number of hydrogen-bond acceptors (Lipinski definition) is 2. The van der Waals surface area contributed by atoms with Gasteiger partial charge in [-0.15, -0.1) is 0 Å². The number of nitrogens with two attached hydrogens (primary N) is 1. The molecule has 1 aromatic carbocycles. The number of rotatable bonds is 1. The average molecular weight is 152 g/mol. The molecule has 0 aliphatic carbocycles. The quantitative estimate of drug-likeness (QED) is 0.635. The molecule has 3 heteroatoms. The van der Waals surface area contributed by atoms with Crippen molar-refractivity contribution in [3.63, 3.8) is 0 Å². The number of benzene rings is 1. The second-order valence-corrected chi connectivity index (χ2v) is 2.18. The number of hydrogen-bond donors (Lipinski definition) is 2. The van der Waals surface area contributed by atoms with Crippen LogP contribution in [0.1, 0.15) is 15.9 Å². The van der Waals surface area contributed by atoms with Crippen molar-refractivity contribution < 1.29 is 4.79 Å². The van der Waals surface area contributed by atoms with Crippen molar-refractivity contribution >= 4 is 5.91 Å². The summed E-state index contributed by atoms with van der Waals surface area (Å²) in [6.07, 6.45) is 0. The van der Waals surface area contributed by atoms with E-state index in [1.165, 1.54) is 0 Å². The molecule has 0 aliphatic heterocycles. The first-order chi connectivity index (χ1) is 4.72. The minimum Gasteiger partial charge on any atom is -0.366 e. The summed E-state index contributed by atoms with van der Waals surface area (Å²) in [5.74, 6) is -0.363. The van der Waals surface area contributed by atoms with Crippen LogP contribution in [0.25, 0.3) is 0 Å². The predicted octanol–water partition coefficient (Wildman–Crippen LogP) is 1.26. The van der Waals surface area contributed by atoms with Crippen molar-refractivity contribution in [1.29, 1.82) is 0 Å². The minimum absolute atomic E-state index is 0. The molecule has 0 aliphatic rings. The zero-order valence-corrected chi connectivity index (χ0v) is 6.50. The third-order valence-corrected chi connectivity index (χ3v) is 1.41. The summed E-state index contributed by atoms with van der Waals surface area (Å²) in [6, 6.07) is 7.26. The fourth-order valence-electron chi connectivity index (χ4n) is 0.849. The van der Waals surface area contributed by atoms with Gasteiger partial charge < -0.3 is 11.9 Å². The molecule has 0 spiro atoms. The maximum atomic E-state index is 10.6. The Morgan fingerprint density at radius 1 is 1.36 bits per heavy atom. The van der Waals surface area contributed by atoms with Crippen molar-refractivity contribution in [2.75, 3.05) is 0 Å². The van der Waals surface area contributed by atoms with E-state index < -0.39 is 0 Å². The van der Waals surface area contributed by atoms with Crippen LogP contribution in [0.4, 0.5) is 0 Å². The van der Waals surface area contributed by atoms with Gasteiger partial charge in [-0.25, -0.2) is 0 Å². The second-order valence-electron chi connectivity index (χ2n) is 2.18. The fraction of sp³-hybridized carbons (Fsp3) is 0.125. The van der Waals surface area contributed by atoms with Gasteiger partial charge in [-0.2, -0.15) is 0 Å². The summed E-state index contributed by atoms with van der Waals surface area (Å²) in [5, 5.41) is 0. The van der Waals surface area contributed by atoms with Gasteiger partial charge in [0.2, 0.25) is 5.91 Å². The zero-order valence-electron chi connectivity index (χ0n) is 6.50. The van der Waals surface area contributed by atoms with Gasteiger partial charge in [0.1, 0.15) is 0 Å². The summed E-state index contributed by atoms with van der Waals surface area (Å²) >= 11 is 0. The molecule has 0 saturated carbocycles. The van der Waals surface area contributed by atoms with E-state index in [1.54, 1.807) is 12.1 Å². The predicted molar refractivity (Wildman–Crippen MR) is 44.7 cm³/mol. The van der Waals surface area contributed by atoms with Crippen LogP contribution in [-0.2, 0) is 0 Å². The molecule has 0 fully saturated rings. The summed E-state index contributed by atoms with van der Waals surface area (Å²) in [4.78, 5) is 10.6. The maximum Gasteiger partial charge on any atom is 0.248 e. The van der Waals surface area contributed by atoms with Gasteiger partial charge in [-0.1, -0.05) is 18.2 Å². The van der Waals surface area contributed by atoms with Crippen LogP contribution in [0, 0.1) is 6.92 Å². The molecule has 3 nitrogen and oxygen atoms in total. The van der Waals surface area contributed by atoms with E-state index in [0.29, 0.717) is 5.56 Å². The second kappa shape index (κ2) is 3.73. The zero-order chi connectivity index (χ0) is 7.56. The number of primary amides is 1. The summed E-state index contributed by atoms with van der Waals surface area (Å²) in [5.41, 5.74) is 6.60. The minimum atomic E-state index is -0.363. The molecular weight excluding hydrogens is 140 g/mol. The van der Waals surface area contributed by atoms with Gasteiger partial charge in [0.25, 0.3) is 0 Å². The largest absolute Gasteiger partial charge is 0.366 e. The van der Waals surface area contributed by atoms with Gasteiger partial charge in [0.05, 0.1) is 0 Å². The fourth-order valence-corrected chi connectivity index (χ4v) is 0.849. The van der Waals surface area contributed by atoms with E-state index in [2.05, 4.69) is 0 Å².